The van der Waals surface area contributed by atoms with Gasteiger partial charge in [0.15, 0.2) is 0 Å². The predicted molar refractivity (Wildman–Crippen MR) is 67.3 cm³/mol. The van der Waals surface area contributed by atoms with E-state index < -0.39 is 0 Å². The lowest BCUT2D eigenvalue weighted by atomic mass is 9.89. The van der Waals surface area contributed by atoms with Crippen molar-refractivity contribution >= 4 is 18.3 Å². The number of nitrogens with two attached hydrogens (primary N) is 1. The van der Waals surface area contributed by atoms with Gasteiger partial charge in [-0.1, -0.05) is 20.8 Å². The van der Waals surface area contributed by atoms with Gasteiger partial charge in [-0.25, -0.2) is 0 Å². The molecular formula is C11H25ClN2O. The molecule has 0 saturated heterocycles. The maximum Gasteiger partial charge on any atom is 0.220 e. The summed E-state index contributed by atoms with van der Waals surface area (Å²) in [5.41, 5.74) is 5.36. The molecule has 92 valence electrons. The first-order valence-corrected chi connectivity index (χ1v) is 5.65. The SMILES string of the molecule is CCC(CC)(CC)NC(=O)CCCN.Cl. The zero-order valence-corrected chi connectivity index (χ0v) is 11.0. The van der Waals surface area contributed by atoms with Crippen LogP contribution in [0.2, 0.25) is 0 Å². The van der Waals surface area contributed by atoms with Gasteiger partial charge in [-0.15, -0.1) is 12.4 Å². The van der Waals surface area contributed by atoms with Gasteiger partial charge in [0, 0.05) is 12.0 Å². The molecule has 4 heteroatoms. The van der Waals surface area contributed by atoms with Crippen LogP contribution in [0, 0.1) is 0 Å². The molecule has 15 heavy (non-hydrogen) atoms. The molecule has 0 atom stereocenters. The third-order valence-corrected chi connectivity index (χ3v) is 3.04. The van der Waals surface area contributed by atoms with Crippen LogP contribution in [0.1, 0.15) is 52.9 Å². The predicted octanol–water partition coefficient (Wildman–Crippen LogP) is 2.23. The van der Waals surface area contributed by atoms with E-state index in [4.69, 9.17) is 5.73 Å². The Morgan fingerprint density at radius 1 is 1.20 bits per heavy atom. The maximum atomic E-state index is 11.5. The van der Waals surface area contributed by atoms with Crippen molar-refractivity contribution in [2.45, 2.75) is 58.4 Å². The third kappa shape index (κ3) is 6.00. The zero-order valence-electron chi connectivity index (χ0n) is 10.1. The fraction of sp³-hybridized carbons (Fsp3) is 0.909. The summed E-state index contributed by atoms with van der Waals surface area (Å²) < 4.78 is 0. The summed E-state index contributed by atoms with van der Waals surface area (Å²) in [5.74, 6) is 0.140. The summed E-state index contributed by atoms with van der Waals surface area (Å²) in [7, 11) is 0. The van der Waals surface area contributed by atoms with Gasteiger partial charge in [-0.2, -0.15) is 0 Å². The van der Waals surface area contributed by atoms with Crippen LogP contribution in [-0.4, -0.2) is 18.0 Å². The molecule has 0 bridgehead atoms. The van der Waals surface area contributed by atoms with Gasteiger partial charge < -0.3 is 11.1 Å². The number of halogens is 1. The highest BCUT2D eigenvalue weighted by atomic mass is 35.5. The van der Waals surface area contributed by atoms with Crippen LogP contribution in [0.5, 0.6) is 0 Å². The van der Waals surface area contributed by atoms with Gasteiger partial charge in [0.2, 0.25) is 5.91 Å². The molecule has 3 N–H and O–H groups in total. The second kappa shape index (κ2) is 8.98. The fourth-order valence-electron chi connectivity index (χ4n) is 1.64. The lowest BCUT2D eigenvalue weighted by molar-refractivity contribution is -0.123. The third-order valence-electron chi connectivity index (χ3n) is 3.04. The summed E-state index contributed by atoms with van der Waals surface area (Å²) in [5, 5.41) is 3.12. The van der Waals surface area contributed by atoms with Crippen molar-refractivity contribution in [3.8, 4) is 0 Å². The summed E-state index contributed by atoms with van der Waals surface area (Å²) in [6, 6.07) is 0. The quantitative estimate of drug-likeness (QED) is 0.712. The van der Waals surface area contributed by atoms with Crippen molar-refractivity contribution in [3.63, 3.8) is 0 Å². The van der Waals surface area contributed by atoms with E-state index in [1.165, 1.54) is 0 Å². The number of nitrogens with one attached hydrogen (secondary N) is 1. The van der Waals surface area contributed by atoms with Gasteiger partial charge in [0.25, 0.3) is 0 Å². The molecule has 0 fully saturated rings. The molecule has 0 spiro atoms. The average molecular weight is 237 g/mol. The Bertz CT molecular complexity index is 162. The van der Waals surface area contributed by atoms with E-state index in [1.807, 2.05) is 0 Å². The van der Waals surface area contributed by atoms with Gasteiger partial charge in [0.05, 0.1) is 0 Å². The number of hydrogen-bond acceptors (Lipinski definition) is 2. The number of rotatable bonds is 7. The Morgan fingerprint density at radius 2 is 1.67 bits per heavy atom. The van der Waals surface area contributed by atoms with Gasteiger partial charge in [0.1, 0.15) is 0 Å². The van der Waals surface area contributed by atoms with Gasteiger partial charge in [-0.3, -0.25) is 4.79 Å². The van der Waals surface area contributed by atoms with Crippen LogP contribution in [-0.2, 0) is 4.79 Å². The molecule has 0 saturated carbocycles. The van der Waals surface area contributed by atoms with Crippen molar-refractivity contribution in [3.05, 3.63) is 0 Å². The molecule has 0 aliphatic rings. The Labute approximate surface area is 99.6 Å². The Morgan fingerprint density at radius 3 is 2.00 bits per heavy atom. The Balaban J connectivity index is 0. The van der Waals surface area contributed by atoms with E-state index in [2.05, 4.69) is 26.1 Å². The van der Waals surface area contributed by atoms with Crippen molar-refractivity contribution < 1.29 is 4.79 Å². The first kappa shape index (κ1) is 17.1. The first-order chi connectivity index (χ1) is 6.64. The minimum atomic E-state index is 0. The monoisotopic (exact) mass is 236 g/mol. The highest BCUT2D eigenvalue weighted by Crippen LogP contribution is 2.19. The lowest BCUT2D eigenvalue weighted by Crippen LogP contribution is -2.47. The molecule has 0 unspecified atom stereocenters. The van der Waals surface area contributed by atoms with Crippen LogP contribution in [0.4, 0.5) is 0 Å². The number of amides is 1. The summed E-state index contributed by atoms with van der Waals surface area (Å²) in [6.07, 6.45) is 4.31. The van der Waals surface area contributed by atoms with E-state index in [9.17, 15) is 4.79 Å². The number of hydrogen-bond donors (Lipinski definition) is 2. The van der Waals surface area contributed by atoms with Crippen molar-refractivity contribution in [2.75, 3.05) is 6.54 Å². The largest absolute Gasteiger partial charge is 0.351 e. The van der Waals surface area contributed by atoms with Gasteiger partial charge >= 0.3 is 0 Å². The highest BCUT2D eigenvalue weighted by Gasteiger charge is 2.25. The lowest BCUT2D eigenvalue weighted by Gasteiger charge is -2.31. The molecule has 0 radical (unpaired) electrons. The molecule has 0 aromatic heterocycles. The first-order valence-electron chi connectivity index (χ1n) is 5.65. The smallest absolute Gasteiger partial charge is 0.220 e. The van der Waals surface area contributed by atoms with Crippen molar-refractivity contribution in [1.29, 1.82) is 0 Å². The summed E-state index contributed by atoms with van der Waals surface area (Å²) in [6.45, 7) is 6.95. The minimum Gasteiger partial charge on any atom is -0.351 e. The second-order valence-electron chi connectivity index (χ2n) is 3.78. The molecule has 1 amide bonds. The van der Waals surface area contributed by atoms with E-state index in [0.29, 0.717) is 13.0 Å². The van der Waals surface area contributed by atoms with Crippen LogP contribution in [0.15, 0.2) is 0 Å². The van der Waals surface area contributed by atoms with Crippen molar-refractivity contribution in [2.24, 2.45) is 5.73 Å². The molecule has 0 aliphatic heterocycles. The number of carbonyl (C=O) groups is 1. The van der Waals surface area contributed by atoms with Gasteiger partial charge in [-0.05, 0) is 32.2 Å². The van der Waals surface area contributed by atoms with E-state index >= 15 is 0 Å². The van der Waals surface area contributed by atoms with E-state index in [-0.39, 0.29) is 23.9 Å². The summed E-state index contributed by atoms with van der Waals surface area (Å²) in [4.78, 5) is 11.5. The van der Waals surface area contributed by atoms with Crippen molar-refractivity contribution in [1.82, 2.24) is 5.32 Å². The number of carbonyl (C=O) groups excluding carboxylic acids is 1. The zero-order chi connectivity index (χ0) is 11.0. The minimum absolute atomic E-state index is 0. The van der Waals surface area contributed by atoms with Crippen LogP contribution >= 0.6 is 12.4 Å². The molecule has 0 heterocycles. The molecular weight excluding hydrogens is 212 g/mol. The standard InChI is InChI=1S/C11H24N2O.ClH/c1-4-11(5-2,6-3)13-10(14)8-7-9-12;/h4-9,12H2,1-3H3,(H,13,14);1H. The normalized spacial score (nSPS) is 10.7. The van der Waals surface area contributed by atoms with E-state index in [0.717, 1.165) is 25.7 Å². The topological polar surface area (TPSA) is 55.1 Å². The molecule has 0 aliphatic carbocycles. The Hall–Kier alpha value is -0.280. The highest BCUT2D eigenvalue weighted by molar-refractivity contribution is 5.85. The molecule has 3 nitrogen and oxygen atoms in total. The molecule has 0 rings (SSSR count). The maximum absolute atomic E-state index is 11.5. The van der Waals surface area contributed by atoms with Crippen LogP contribution in [0.25, 0.3) is 0 Å². The van der Waals surface area contributed by atoms with Crippen LogP contribution < -0.4 is 11.1 Å². The average Bonchev–Trinajstić information content (AvgIpc) is 2.23. The fourth-order valence-corrected chi connectivity index (χ4v) is 1.64. The molecule has 0 aromatic carbocycles. The second-order valence-corrected chi connectivity index (χ2v) is 3.78. The Kier molecular flexibility index (Phi) is 10.3. The van der Waals surface area contributed by atoms with Crippen LogP contribution in [0.3, 0.4) is 0 Å². The summed E-state index contributed by atoms with van der Waals surface area (Å²) >= 11 is 0. The van der Waals surface area contributed by atoms with E-state index in [1.54, 1.807) is 0 Å². The molecule has 0 aromatic rings.